The van der Waals surface area contributed by atoms with Gasteiger partial charge < -0.3 is 24.6 Å². The molecule has 0 fully saturated rings. The maximum absolute atomic E-state index is 11.8. The van der Waals surface area contributed by atoms with Gasteiger partial charge in [-0.25, -0.2) is 8.42 Å². The Labute approximate surface area is 166 Å². The van der Waals surface area contributed by atoms with Crippen LogP contribution in [0, 0.1) is 6.92 Å². The molecule has 0 bridgehead atoms. The molecule has 0 aliphatic heterocycles. The highest BCUT2D eigenvalue weighted by molar-refractivity contribution is 7.90. The van der Waals surface area contributed by atoms with Crippen molar-refractivity contribution in [3.05, 3.63) is 48.0 Å². The van der Waals surface area contributed by atoms with Crippen LogP contribution in [0.1, 0.15) is 5.56 Å². The maximum atomic E-state index is 11.8. The number of hydrogen-bond acceptors (Lipinski definition) is 7. The second-order valence-corrected chi connectivity index (χ2v) is 8.36. The van der Waals surface area contributed by atoms with Crippen molar-refractivity contribution in [2.75, 3.05) is 39.7 Å². The second kappa shape index (κ2) is 10.3. The Hall–Kier alpha value is -2.29. The number of rotatable bonds is 11. The number of para-hydroxylation sites is 1. The van der Waals surface area contributed by atoms with Crippen LogP contribution in [0.5, 0.6) is 17.2 Å². The standard InChI is InChI=1S/C20H27NO6S/c1-15-11-19(18(25-2)12-20(15)28(3,23)24)26-10-9-21-13-16(22)14-27-17-7-5-4-6-8-17/h4-8,11-12,16,21-22H,9-10,13-14H2,1-3H3. The fraction of sp³-hybridized carbons (Fsp3) is 0.400. The highest BCUT2D eigenvalue weighted by Gasteiger charge is 2.16. The molecule has 0 aliphatic rings. The van der Waals surface area contributed by atoms with Crippen molar-refractivity contribution in [2.45, 2.75) is 17.9 Å². The first-order chi connectivity index (χ1) is 13.3. The van der Waals surface area contributed by atoms with Crippen molar-refractivity contribution in [3.8, 4) is 17.2 Å². The van der Waals surface area contributed by atoms with Gasteiger partial charge in [0.2, 0.25) is 0 Å². The molecule has 2 rings (SSSR count). The molecule has 2 aromatic carbocycles. The summed E-state index contributed by atoms with van der Waals surface area (Å²) in [5.41, 5.74) is 0.597. The fourth-order valence-corrected chi connectivity index (χ4v) is 3.55. The van der Waals surface area contributed by atoms with Gasteiger partial charge >= 0.3 is 0 Å². The lowest BCUT2D eigenvalue weighted by molar-refractivity contribution is 0.105. The number of sulfone groups is 1. The molecule has 0 aromatic heterocycles. The van der Waals surface area contributed by atoms with Gasteiger partial charge in [-0.1, -0.05) is 18.2 Å². The molecule has 0 saturated carbocycles. The van der Waals surface area contributed by atoms with Crippen LogP contribution < -0.4 is 19.5 Å². The number of hydrogen-bond donors (Lipinski definition) is 2. The Balaban J connectivity index is 1.76. The fourth-order valence-electron chi connectivity index (χ4n) is 2.58. The van der Waals surface area contributed by atoms with E-state index in [0.29, 0.717) is 42.5 Å². The molecule has 1 atom stereocenters. The predicted octanol–water partition coefficient (Wildman–Crippen LogP) is 1.82. The minimum Gasteiger partial charge on any atom is -0.493 e. The average Bonchev–Trinajstić information content (AvgIpc) is 2.66. The first kappa shape index (κ1) is 22.0. The number of nitrogens with one attached hydrogen (secondary N) is 1. The molecule has 1 unspecified atom stereocenters. The zero-order valence-electron chi connectivity index (χ0n) is 16.3. The SMILES string of the molecule is COc1cc(S(C)(=O)=O)c(C)cc1OCCNCC(O)COc1ccccc1. The van der Waals surface area contributed by atoms with Gasteiger partial charge in [-0.3, -0.25) is 0 Å². The van der Waals surface area contributed by atoms with Crippen molar-refractivity contribution >= 4 is 9.84 Å². The van der Waals surface area contributed by atoms with E-state index in [9.17, 15) is 13.5 Å². The zero-order chi connectivity index (χ0) is 20.6. The Morgan fingerprint density at radius 3 is 2.46 bits per heavy atom. The van der Waals surface area contributed by atoms with E-state index >= 15 is 0 Å². The Kier molecular flexibility index (Phi) is 8.10. The molecule has 0 heterocycles. The topological polar surface area (TPSA) is 94.1 Å². The molecule has 8 heteroatoms. The van der Waals surface area contributed by atoms with E-state index in [2.05, 4.69) is 5.32 Å². The minimum atomic E-state index is -3.33. The Morgan fingerprint density at radius 1 is 1.11 bits per heavy atom. The van der Waals surface area contributed by atoms with E-state index in [4.69, 9.17) is 14.2 Å². The van der Waals surface area contributed by atoms with Crippen LogP contribution in [-0.4, -0.2) is 59.3 Å². The lowest BCUT2D eigenvalue weighted by Gasteiger charge is -2.15. The molecule has 7 nitrogen and oxygen atoms in total. The molecule has 28 heavy (non-hydrogen) atoms. The summed E-state index contributed by atoms with van der Waals surface area (Å²) in [6, 6.07) is 12.4. The third-order valence-corrected chi connectivity index (χ3v) is 5.20. The number of aliphatic hydroxyl groups excluding tert-OH is 1. The second-order valence-electron chi connectivity index (χ2n) is 6.37. The number of ether oxygens (including phenoxy) is 3. The third-order valence-electron chi connectivity index (χ3n) is 3.96. The molecule has 0 amide bonds. The zero-order valence-corrected chi connectivity index (χ0v) is 17.2. The Morgan fingerprint density at radius 2 is 1.82 bits per heavy atom. The molecule has 0 saturated heterocycles. The first-order valence-electron chi connectivity index (χ1n) is 8.89. The van der Waals surface area contributed by atoms with Gasteiger partial charge in [-0.2, -0.15) is 0 Å². The normalized spacial score (nSPS) is 12.4. The van der Waals surface area contributed by atoms with Crippen LogP contribution in [0.15, 0.2) is 47.4 Å². The quantitative estimate of drug-likeness (QED) is 0.547. The summed E-state index contributed by atoms with van der Waals surface area (Å²) in [5, 5.41) is 13.0. The van der Waals surface area contributed by atoms with Crippen LogP contribution in [0.2, 0.25) is 0 Å². The van der Waals surface area contributed by atoms with Gasteiger partial charge in [0.15, 0.2) is 21.3 Å². The average molecular weight is 410 g/mol. The first-order valence-corrected chi connectivity index (χ1v) is 10.8. The molecule has 0 spiro atoms. The van der Waals surface area contributed by atoms with Crippen molar-refractivity contribution in [3.63, 3.8) is 0 Å². The molecule has 2 N–H and O–H groups in total. The van der Waals surface area contributed by atoms with Crippen LogP contribution in [-0.2, 0) is 9.84 Å². The lowest BCUT2D eigenvalue weighted by Crippen LogP contribution is -2.33. The minimum absolute atomic E-state index is 0.192. The van der Waals surface area contributed by atoms with E-state index in [0.717, 1.165) is 6.26 Å². The number of methoxy groups -OCH3 is 1. The summed E-state index contributed by atoms with van der Waals surface area (Å²) in [7, 11) is -1.87. The van der Waals surface area contributed by atoms with Gasteiger partial charge in [0.05, 0.1) is 12.0 Å². The summed E-state index contributed by atoms with van der Waals surface area (Å²) in [6.07, 6.45) is 0.512. The van der Waals surface area contributed by atoms with Gasteiger partial charge in [0, 0.05) is 25.4 Å². The third kappa shape index (κ3) is 6.70. The van der Waals surface area contributed by atoms with E-state index < -0.39 is 15.9 Å². The van der Waals surface area contributed by atoms with Crippen LogP contribution in [0.25, 0.3) is 0 Å². The maximum Gasteiger partial charge on any atom is 0.175 e. The lowest BCUT2D eigenvalue weighted by atomic mass is 10.2. The van der Waals surface area contributed by atoms with Crippen LogP contribution in [0.3, 0.4) is 0 Å². The summed E-state index contributed by atoms with van der Waals surface area (Å²) in [5.74, 6) is 1.55. The number of benzene rings is 2. The van der Waals surface area contributed by atoms with Gasteiger partial charge in [-0.15, -0.1) is 0 Å². The van der Waals surface area contributed by atoms with E-state index in [1.54, 1.807) is 13.0 Å². The van der Waals surface area contributed by atoms with Crippen molar-refractivity contribution in [2.24, 2.45) is 0 Å². The highest BCUT2D eigenvalue weighted by atomic mass is 32.2. The van der Waals surface area contributed by atoms with Crippen molar-refractivity contribution < 1.29 is 27.7 Å². The monoisotopic (exact) mass is 409 g/mol. The molecule has 2 aromatic rings. The molecular formula is C20H27NO6S. The van der Waals surface area contributed by atoms with Crippen LogP contribution >= 0.6 is 0 Å². The van der Waals surface area contributed by atoms with Gasteiger partial charge in [0.1, 0.15) is 25.1 Å². The van der Waals surface area contributed by atoms with Crippen molar-refractivity contribution in [1.82, 2.24) is 5.32 Å². The summed E-state index contributed by atoms with van der Waals surface area (Å²) < 4.78 is 40.0. The Bertz CT molecular complexity index is 854. The van der Waals surface area contributed by atoms with Crippen LogP contribution in [0.4, 0.5) is 0 Å². The smallest absolute Gasteiger partial charge is 0.175 e. The molecular weight excluding hydrogens is 382 g/mol. The predicted molar refractivity (Wildman–Crippen MR) is 107 cm³/mol. The highest BCUT2D eigenvalue weighted by Crippen LogP contribution is 2.32. The summed E-state index contributed by atoms with van der Waals surface area (Å²) >= 11 is 0. The summed E-state index contributed by atoms with van der Waals surface area (Å²) in [4.78, 5) is 0.219. The van der Waals surface area contributed by atoms with Crippen molar-refractivity contribution in [1.29, 1.82) is 0 Å². The number of aliphatic hydroxyl groups is 1. The molecule has 0 aliphatic carbocycles. The summed E-state index contributed by atoms with van der Waals surface area (Å²) in [6.45, 7) is 3.10. The van der Waals surface area contributed by atoms with Gasteiger partial charge in [0.25, 0.3) is 0 Å². The molecule has 0 radical (unpaired) electrons. The van der Waals surface area contributed by atoms with E-state index in [-0.39, 0.29) is 11.5 Å². The van der Waals surface area contributed by atoms with Gasteiger partial charge in [-0.05, 0) is 30.7 Å². The van der Waals surface area contributed by atoms with E-state index in [1.165, 1.54) is 13.2 Å². The molecule has 154 valence electrons. The van der Waals surface area contributed by atoms with E-state index in [1.807, 2.05) is 30.3 Å². The largest absolute Gasteiger partial charge is 0.493 e. The number of aryl methyl sites for hydroxylation is 1.